The maximum Gasteiger partial charge on any atom is 0.329 e. The van der Waals surface area contributed by atoms with Crippen LogP contribution in [-0.4, -0.2) is 48.7 Å². The summed E-state index contributed by atoms with van der Waals surface area (Å²) in [6.07, 6.45) is 2.08. The van der Waals surface area contributed by atoms with Crippen molar-refractivity contribution in [3.63, 3.8) is 0 Å². The molecule has 2 N–H and O–H groups in total. The Morgan fingerprint density at radius 2 is 1.93 bits per heavy atom. The van der Waals surface area contributed by atoms with E-state index >= 15 is 0 Å². The number of hydrogen-bond acceptors (Lipinski definition) is 4. The second-order valence-corrected chi connectivity index (χ2v) is 3.26. The van der Waals surface area contributed by atoms with Crippen molar-refractivity contribution in [1.82, 2.24) is 0 Å². The molecule has 5 nitrogen and oxygen atoms in total. The molecular weight excluding hydrogens is 200 g/mol. The molecule has 0 saturated heterocycles. The van der Waals surface area contributed by atoms with E-state index < -0.39 is 5.97 Å². The van der Waals surface area contributed by atoms with Crippen molar-refractivity contribution in [1.29, 1.82) is 0 Å². The van der Waals surface area contributed by atoms with Gasteiger partial charge in [-0.3, -0.25) is 0 Å². The molecular formula is C10H20O5. The predicted octanol–water partition coefficient (Wildman–Crippen LogP) is 0.655. The summed E-state index contributed by atoms with van der Waals surface area (Å²) in [7, 11) is 0. The summed E-state index contributed by atoms with van der Waals surface area (Å²) in [5.74, 6) is -0.971. The number of aliphatic hydroxyl groups excluding tert-OH is 1. The molecule has 0 aliphatic carbocycles. The van der Waals surface area contributed by atoms with E-state index in [9.17, 15) is 9.90 Å². The van der Waals surface area contributed by atoms with E-state index in [1.54, 1.807) is 0 Å². The number of carbonyl (C=O) groups is 1. The zero-order valence-corrected chi connectivity index (χ0v) is 9.15. The minimum absolute atomic E-state index is 0.239. The zero-order chi connectivity index (χ0) is 11.5. The van der Waals surface area contributed by atoms with Gasteiger partial charge in [0.2, 0.25) is 0 Å². The summed E-state index contributed by atoms with van der Waals surface area (Å²) >= 11 is 0. The molecule has 0 fully saturated rings. The largest absolute Gasteiger partial charge is 0.480 e. The average molecular weight is 220 g/mol. The van der Waals surface area contributed by atoms with Gasteiger partial charge in [0.05, 0.1) is 19.3 Å². The maximum absolute atomic E-state index is 10.0. The number of hydrogen-bond donors (Lipinski definition) is 2. The molecule has 0 aromatic heterocycles. The Kier molecular flexibility index (Phi) is 9.46. The van der Waals surface area contributed by atoms with E-state index in [2.05, 4.69) is 0 Å². The van der Waals surface area contributed by atoms with Crippen molar-refractivity contribution in [2.24, 2.45) is 0 Å². The van der Waals surface area contributed by atoms with Crippen LogP contribution in [0.5, 0.6) is 0 Å². The summed E-state index contributed by atoms with van der Waals surface area (Å²) in [6, 6.07) is 0. The second kappa shape index (κ2) is 9.89. The molecule has 1 unspecified atom stereocenters. The van der Waals surface area contributed by atoms with Crippen molar-refractivity contribution < 1.29 is 24.5 Å². The highest BCUT2D eigenvalue weighted by atomic mass is 16.5. The van der Waals surface area contributed by atoms with E-state index in [-0.39, 0.29) is 12.7 Å². The maximum atomic E-state index is 10.0. The van der Waals surface area contributed by atoms with Crippen molar-refractivity contribution in [2.45, 2.75) is 32.3 Å². The van der Waals surface area contributed by atoms with E-state index in [1.807, 2.05) is 6.92 Å². The number of carboxylic acids is 1. The molecule has 0 bridgehead atoms. The van der Waals surface area contributed by atoms with Crippen molar-refractivity contribution in [2.75, 3.05) is 26.4 Å². The van der Waals surface area contributed by atoms with Gasteiger partial charge in [-0.15, -0.1) is 0 Å². The minimum atomic E-state index is -0.971. The number of ether oxygens (including phenoxy) is 2. The summed E-state index contributed by atoms with van der Waals surface area (Å²) in [4.78, 5) is 10.0. The van der Waals surface area contributed by atoms with Crippen LogP contribution in [0.25, 0.3) is 0 Å². The Hall–Kier alpha value is -0.650. The number of aliphatic hydroxyl groups is 1. The molecule has 0 rings (SSSR count). The van der Waals surface area contributed by atoms with Gasteiger partial charge in [0, 0.05) is 6.61 Å². The lowest BCUT2D eigenvalue weighted by Crippen LogP contribution is -2.12. The third kappa shape index (κ3) is 11.3. The van der Waals surface area contributed by atoms with Gasteiger partial charge in [-0.2, -0.15) is 0 Å². The molecule has 0 spiro atoms. The SMILES string of the molecule is CCC(O)CCCOCCOCC(=O)O. The number of carboxylic acid groups (broad SMARTS) is 1. The Morgan fingerprint density at radius 1 is 1.27 bits per heavy atom. The molecule has 5 heteroatoms. The minimum Gasteiger partial charge on any atom is -0.480 e. The van der Waals surface area contributed by atoms with Crippen LogP contribution in [-0.2, 0) is 14.3 Å². The first-order valence-electron chi connectivity index (χ1n) is 5.22. The van der Waals surface area contributed by atoms with Crippen LogP contribution >= 0.6 is 0 Å². The third-order valence-electron chi connectivity index (χ3n) is 1.89. The molecule has 0 saturated carbocycles. The fourth-order valence-electron chi connectivity index (χ4n) is 1.00. The molecule has 15 heavy (non-hydrogen) atoms. The summed E-state index contributed by atoms with van der Waals surface area (Å²) < 4.78 is 9.95. The standard InChI is InChI=1S/C10H20O5/c1-2-9(11)4-3-5-14-6-7-15-8-10(12)13/h9,11H,2-8H2,1H3,(H,12,13). The zero-order valence-electron chi connectivity index (χ0n) is 9.15. The lowest BCUT2D eigenvalue weighted by Gasteiger charge is -2.07. The van der Waals surface area contributed by atoms with Crippen LogP contribution in [0.15, 0.2) is 0 Å². The Labute approximate surface area is 90.0 Å². The smallest absolute Gasteiger partial charge is 0.329 e. The van der Waals surface area contributed by atoms with Crippen LogP contribution in [0.2, 0.25) is 0 Å². The fraction of sp³-hybridized carbons (Fsp3) is 0.900. The monoisotopic (exact) mass is 220 g/mol. The van der Waals surface area contributed by atoms with Crippen LogP contribution in [0.1, 0.15) is 26.2 Å². The Bertz CT molecular complexity index is 160. The van der Waals surface area contributed by atoms with Gasteiger partial charge in [-0.1, -0.05) is 6.92 Å². The molecule has 0 radical (unpaired) electrons. The van der Waals surface area contributed by atoms with Crippen LogP contribution in [0.4, 0.5) is 0 Å². The molecule has 0 aromatic rings. The van der Waals surface area contributed by atoms with Gasteiger partial charge in [-0.05, 0) is 19.3 Å². The van der Waals surface area contributed by atoms with Gasteiger partial charge < -0.3 is 19.7 Å². The normalized spacial score (nSPS) is 12.7. The quantitative estimate of drug-likeness (QED) is 0.529. The first-order valence-corrected chi connectivity index (χ1v) is 5.22. The summed E-state index contributed by atoms with van der Waals surface area (Å²) in [6.45, 7) is 2.93. The third-order valence-corrected chi connectivity index (χ3v) is 1.89. The van der Waals surface area contributed by atoms with Gasteiger partial charge in [-0.25, -0.2) is 4.79 Å². The number of rotatable bonds is 10. The fourth-order valence-corrected chi connectivity index (χ4v) is 1.00. The summed E-state index contributed by atoms with van der Waals surface area (Å²) in [5.41, 5.74) is 0. The molecule has 0 aliphatic rings. The first kappa shape index (κ1) is 14.3. The van der Waals surface area contributed by atoms with Crippen molar-refractivity contribution in [3.8, 4) is 0 Å². The van der Waals surface area contributed by atoms with E-state index in [0.29, 0.717) is 19.8 Å². The van der Waals surface area contributed by atoms with Crippen molar-refractivity contribution in [3.05, 3.63) is 0 Å². The molecule has 90 valence electrons. The first-order chi connectivity index (χ1) is 7.16. The molecule has 0 aliphatic heterocycles. The number of aliphatic carboxylic acids is 1. The van der Waals surface area contributed by atoms with Crippen molar-refractivity contribution >= 4 is 5.97 Å². The van der Waals surface area contributed by atoms with E-state index in [0.717, 1.165) is 19.3 Å². The highest BCUT2D eigenvalue weighted by Crippen LogP contribution is 2.00. The van der Waals surface area contributed by atoms with Gasteiger partial charge in [0.1, 0.15) is 6.61 Å². The average Bonchev–Trinajstić information content (AvgIpc) is 2.21. The molecule has 0 amide bonds. The Morgan fingerprint density at radius 3 is 2.53 bits per heavy atom. The lowest BCUT2D eigenvalue weighted by atomic mass is 10.2. The lowest BCUT2D eigenvalue weighted by molar-refractivity contribution is -0.142. The molecule has 0 aromatic carbocycles. The second-order valence-electron chi connectivity index (χ2n) is 3.26. The topological polar surface area (TPSA) is 76.0 Å². The van der Waals surface area contributed by atoms with E-state index in [4.69, 9.17) is 14.6 Å². The molecule has 1 atom stereocenters. The predicted molar refractivity (Wildman–Crippen MR) is 54.8 cm³/mol. The highest BCUT2D eigenvalue weighted by Gasteiger charge is 2.00. The van der Waals surface area contributed by atoms with Crippen LogP contribution in [0, 0.1) is 0 Å². The van der Waals surface area contributed by atoms with Crippen LogP contribution in [0.3, 0.4) is 0 Å². The van der Waals surface area contributed by atoms with Gasteiger partial charge >= 0.3 is 5.97 Å². The van der Waals surface area contributed by atoms with Crippen LogP contribution < -0.4 is 0 Å². The summed E-state index contributed by atoms with van der Waals surface area (Å²) in [5, 5.41) is 17.5. The molecule has 0 heterocycles. The van der Waals surface area contributed by atoms with Gasteiger partial charge in [0.25, 0.3) is 0 Å². The Balaban J connectivity index is 3.02. The highest BCUT2D eigenvalue weighted by molar-refractivity contribution is 5.67. The van der Waals surface area contributed by atoms with E-state index in [1.165, 1.54) is 0 Å². The van der Waals surface area contributed by atoms with Gasteiger partial charge in [0.15, 0.2) is 0 Å².